The van der Waals surface area contributed by atoms with Crippen LogP contribution in [-0.4, -0.2) is 57.4 Å². The van der Waals surface area contributed by atoms with Crippen LogP contribution in [0.5, 0.6) is 0 Å². The van der Waals surface area contributed by atoms with E-state index < -0.39 is 22.7 Å². The topological polar surface area (TPSA) is 86.7 Å². The monoisotopic (exact) mass is 304 g/mol. The smallest absolute Gasteiger partial charge is 0.317 e. The van der Waals surface area contributed by atoms with Crippen LogP contribution in [-0.2, 0) is 15.6 Å². The second-order valence-corrected chi connectivity index (χ2v) is 8.02. The number of nitrogens with zero attached hydrogens (tertiary/aromatic N) is 1. The van der Waals surface area contributed by atoms with E-state index in [1.165, 1.54) is 0 Å². The predicted octanol–water partition coefficient (Wildman–Crippen LogP) is 0.897. The lowest BCUT2D eigenvalue weighted by Crippen LogP contribution is -2.48. The van der Waals surface area contributed by atoms with Crippen molar-refractivity contribution in [2.75, 3.05) is 31.1 Å². The van der Waals surface area contributed by atoms with E-state index in [9.17, 15) is 18.9 Å². The third-order valence-corrected chi connectivity index (χ3v) is 4.45. The molecule has 7 heteroatoms. The maximum Gasteiger partial charge on any atom is 0.317 e. The summed E-state index contributed by atoms with van der Waals surface area (Å²) in [6.07, 6.45) is 0.507. The van der Waals surface area contributed by atoms with E-state index in [1.807, 2.05) is 20.8 Å². The molecular formula is C13H24N2O4S. The van der Waals surface area contributed by atoms with Crippen molar-refractivity contribution in [3.63, 3.8) is 0 Å². The quantitative estimate of drug-likeness (QED) is 0.808. The predicted molar refractivity (Wildman–Crippen MR) is 78.0 cm³/mol. The maximum atomic E-state index is 11.9. The Hall–Kier alpha value is -1.11. The molecule has 0 spiro atoms. The van der Waals surface area contributed by atoms with Crippen LogP contribution in [0.1, 0.15) is 27.2 Å². The first-order valence-corrected chi connectivity index (χ1v) is 8.28. The maximum absolute atomic E-state index is 11.9. The molecule has 2 N–H and O–H groups in total. The Morgan fingerprint density at radius 1 is 1.30 bits per heavy atom. The van der Waals surface area contributed by atoms with Crippen molar-refractivity contribution >= 4 is 22.8 Å². The molecule has 0 aliphatic carbocycles. The summed E-state index contributed by atoms with van der Waals surface area (Å²) in [5, 5.41) is 11.9. The van der Waals surface area contributed by atoms with Gasteiger partial charge in [-0.1, -0.05) is 20.8 Å². The highest BCUT2D eigenvalue weighted by Crippen LogP contribution is 2.24. The average Bonchev–Trinajstić information content (AvgIpc) is 2.33. The normalized spacial score (nSPS) is 18.6. The van der Waals surface area contributed by atoms with Gasteiger partial charge in [-0.3, -0.25) is 9.00 Å². The first-order valence-electron chi connectivity index (χ1n) is 6.79. The molecule has 116 valence electrons. The molecule has 0 aromatic rings. The fourth-order valence-electron chi connectivity index (χ4n) is 2.15. The molecule has 1 rings (SSSR count). The van der Waals surface area contributed by atoms with Gasteiger partial charge >= 0.3 is 12.0 Å². The molecule has 1 unspecified atom stereocenters. The summed E-state index contributed by atoms with van der Waals surface area (Å²) in [5.74, 6) is -0.479. The van der Waals surface area contributed by atoms with E-state index in [-0.39, 0.29) is 18.0 Å². The molecule has 1 fully saturated rings. The summed E-state index contributed by atoms with van der Waals surface area (Å²) in [6, 6.07) is -0.262. The highest BCUT2D eigenvalue weighted by atomic mass is 32.2. The van der Waals surface area contributed by atoms with Gasteiger partial charge in [0.1, 0.15) is 0 Å². The third kappa shape index (κ3) is 5.90. The lowest BCUT2D eigenvalue weighted by molar-refractivity contribution is -0.142. The zero-order valence-corrected chi connectivity index (χ0v) is 13.2. The van der Waals surface area contributed by atoms with Crippen molar-refractivity contribution in [1.82, 2.24) is 10.2 Å². The van der Waals surface area contributed by atoms with E-state index in [4.69, 9.17) is 0 Å². The standard InChI is InChI=1S/C13H24N2O4S/c1-13(2,3)8-10(11(16)17)9-14-12(18)15-4-6-20(19)7-5-15/h10H,4-9H2,1-3H3,(H,14,18)(H,16,17). The molecule has 1 atom stereocenters. The zero-order chi connectivity index (χ0) is 15.3. The number of hydrogen-bond acceptors (Lipinski definition) is 3. The van der Waals surface area contributed by atoms with Crippen LogP contribution in [0.2, 0.25) is 0 Å². The number of hydrogen-bond donors (Lipinski definition) is 2. The number of carbonyl (C=O) groups is 2. The van der Waals surface area contributed by atoms with Gasteiger partial charge in [0, 0.05) is 41.9 Å². The van der Waals surface area contributed by atoms with Crippen molar-refractivity contribution in [2.45, 2.75) is 27.2 Å². The molecule has 20 heavy (non-hydrogen) atoms. The first-order chi connectivity index (χ1) is 9.19. The molecule has 0 aromatic carbocycles. The lowest BCUT2D eigenvalue weighted by Gasteiger charge is -2.28. The van der Waals surface area contributed by atoms with Gasteiger partial charge in [0.15, 0.2) is 0 Å². The van der Waals surface area contributed by atoms with Crippen molar-refractivity contribution in [2.24, 2.45) is 11.3 Å². The van der Waals surface area contributed by atoms with Crippen LogP contribution in [0.4, 0.5) is 4.79 Å². The second-order valence-electron chi connectivity index (χ2n) is 6.32. The van der Waals surface area contributed by atoms with E-state index in [2.05, 4.69) is 5.32 Å². The number of carboxylic acid groups (broad SMARTS) is 1. The Kier molecular flexibility index (Phi) is 5.98. The number of amides is 2. The van der Waals surface area contributed by atoms with Crippen molar-refractivity contribution in [1.29, 1.82) is 0 Å². The molecule has 0 saturated carbocycles. The van der Waals surface area contributed by atoms with Crippen molar-refractivity contribution < 1.29 is 18.9 Å². The number of aliphatic carboxylic acids is 1. The van der Waals surface area contributed by atoms with Crippen molar-refractivity contribution in [3.8, 4) is 0 Å². The molecule has 1 aliphatic heterocycles. The number of carbonyl (C=O) groups excluding carboxylic acids is 1. The number of carboxylic acids is 1. The fraction of sp³-hybridized carbons (Fsp3) is 0.846. The second kappa shape index (κ2) is 7.06. The Morgan fingerprint density at radius 3 is 2.30 bits per heavy atom. The highest BCUT2D eigenvalue weighted by Gasteiger charge is 2.26. The molecule has 6 nitrogen and oxygen atoms in total. The van der Waals surface area contributed by atoms with E-state index >= 15 is 0 Å². The first kappa shape index (κ1) is 16.9. The van der Waals surface area contributed by atoms with E-state index in [0.29, 0.717) is 31.0 Å². The Labute approximate surface area is 122 Å². The number of nitrogens with one attached hydrogen (secondary N) is 1. The third-order valence-electron chi connectivity index (χ3n) is 3.17. The summed E-state index contributed by atoms with van der Waals surface area (Å²) in [5.41, 5.74) is -0.101. The minimum atomic E-state index is -0.889. The molecule has 1 aliphatic rings. The van der Waals surface area contributed by atoms with Crippen LogP contribution in [0.25, 0.3) is 0 Å². The van der Waals surface area contributed by atoms with Gasteiger partial charge < -0.3 is 15.3 Å². The summed E-state index contributed by atoms with van der Waals surface area (Å²) < 4.78 is 11.2. The van der Waals surface area contributed by atoms with Gasteiger partial charge in [0.25, 0.3) is 0 Å². The van der Waals surface area contributed by atoms with Crippen LogP contribution >= 0.6 is 0 Å². The minimum Gasteiger partial charge on any atom is -0.481 e. The Bertz CT molecular complexity index is 382. The zero-order valence-electron chi connectivity index (χ0n) is 12.3. The average molecular weight is 304 g/mol. The van der Waals surface area contributed by atoms with Crippen LogP contribution in [0, 0.1) is 11.3 Å². The SMILES string of the molecule is CC(C)(C)CC(CNC(=O)N1CCS(=O)CC1)C(=O)O. The molecule has 0 radical (unpaired) electrons. The summed E-state index contributed by atoms with van der Waals surface area (Å²) in [6.45, 7) is 7.00. The van der Waals surface area contributed by atoms with Crippen molar-refractivity contribution in [3.05, 3.63) is 0 Å². The highest BCUT2D eigenvalue weighted by molar-refractivity contribution is 7.85. The van der Waals surface area contributed by atoms with Gasteiger partial charge in [-0.05, 0) is 11.8 Å². The molecule has 1 heterocycles. The van der Waals surface area contributed by atoms with Crippen LogP contribution in [0.15, 0.2) is 0 Å². The van der Waals surface area contributed by atoms with E-state index in [0.717, 1.165) is 0 Å². The largest absolute Gasteiger partial charge is 0.481 e. The van der Waals surface area contributed by atoms with Gasteiger partial charge in [-0.2, -0.15) is 0 Å². The number of urea groups is 1. The summed E-state index contributed by atoms with van der Waals surface area (Å²) >= 11 is 0. The summed E-state index contributed by atoms with van der Waals surface area (Å²) in [7, 11) is -0.827. The number of rotatable bonds is 4. The fourth-order valence-corrected chi connectivity index (χ4v) is 3.20. The van der Waals surface area contributed by atoms with Gasteiger partial charge in [0.05, 0.1) is 5.92 Å². The molecule has 0 bridgehead atoms. The Morgan fingerprint density at radius 2 is 1.85 bits per heavy atom. The Balaban J connectivity index is 2.44. The van der Waals surface area contributed by atoms with Gasteiger partial charge in [-0.25, -0.2) is 4.79 Å². The van der Waals surface area contributed by atoms with Crippen LogP contribution in [0.3, 0.4) is 0 Å². The summed E-state index contributed by atoms with van der Waals surface area (Å²) in [4.78, 5) is 24.7. The lowest BCUT2D eigenvalue weighted by atomic mass is 9.84. The van der Waals surface area contributed by atoms with E-state index in [1.54, 1.807) is 4.90 Å². The molecule has 1 saturated heterocycles. The van der Waals surface area contributed by atoms with Gasteiger partial charge in [-0.15, -0.1) is 0 Å². The van der Waals surface area contributed by atoms with Gasteiger partial charge in [0.2, 0.25) is 0 Å². The molecule has 0 aromatic heterocycles. The minimum absolute atomic E-state index is 0.101. The van der Waals surface area contributed by atoms with Crippen LogP contribution < -0.4 is 5.32 Å². The molecule has 2 amide bonds. The molecular weight excluding hydrogens is 280 g/mol.